The highest BCUT2D eigenvalue weighted by Gasteiger charge is 2.25. The number of rotatable bonds is 12. The van der Waals surface area contributed by atoms with Crippen molar-refractivity contribution in [3.05, 3.63) is 42.0 Å². The zero-order chi connectivity index (χ0) is 22.9. The molecular weight excluding hydrogens is 471 g/mol. The van der Waals surface area contributed by atoms with Crippen molar-refractivity contribution in [1.82, 2.24) is 4.90 Å². The maximum Gasteiger partial charge on any atom is 0.127 e. The molecular formula is C27H44Cl2N2O3. The van der Waals surface area contributed by atoms with Gasteiger partial charge in [-0.1, -0.05) is 44.5 Å². The summed E-state index contributed by atoms with van der Waals surface area (Å²) in [5.74, 6) is 1.81. The summed E-state index contributed by atoms with van der Waals surface area (Å²) in [5.41, 5.74) is 7.79. The molecule has 5 nitrogen and oxygen atoms in total. The summed E-state index contributed by atoms with van der Waals surface area (Å²) in [4.78, 5) is 2.37. The Labute approximate surface area is 218 Å². The average Bonchev–Trinajstić information content (AvgIpc) is 2.79. The fraction of sp³-hybridized carbons (Fsp3) is 0.630. The Balaban J connectivity index is 0.00000289. The van der Waals surface area contributed by atoms with Gasteiger partial charge in [-0.15, -0.1) is 24.8 Å². The van der Waals surface area contributed by atoms with Crippen LogP contribution in [0.15, 0.2) is 36.4 Å². The summed E-state index contributed by atoms with van der Waals surface area (Å²) in [7, 11) is 1.69. The molecule has 194 valence electrons. The lowest BCUT2D eigenvalue weighted by Gasteiger charge is -2.32. The van der Waals surface area contributed by atoms with Crippen LogP contribution in [0.4, 0.5) is 0 Å². The van der Waals surface area contributed by atoms with Crippen LogP contribution in [0, 0.1) is 11.8 Å². The van der Waals surface area contributed by atoms with Gasteiger partial charge in [0.1, 0.15) is 12.4 Å². The van der Waals surface area contributed by atoms with Crippen LogP contribution in [0.5, 0.6) is 5.75 Å². The fourth-order valence-corrected chi connectivity index (χ4v) is 4.72. The van der Waals surface area contributed by atoms with Gasteiger partial charge in [-0.05, 0) is 73.7 Å². The van der Waals surface area contributed by atoms with E-state index in [-0.39, 0.29) is 30.9 Å². The van der Waals surface area contributed by atoms with E-state index in [0.29, 0.717) is 31.6 Å². The summed E-state index contributed by atoms with van der Waals surface area (Å²) in [6.45, 7) is 8.50. The van der Waals surface area contributed by atoms with E-state index < -0.39 is 6.10 Å². The molecule has 0 saturated carbocycles. The number of β-amino-alcohol motifs (C(OH)–C–C–N with tert-alkyl or cyclic N) is 1. The molecule has 1 saturated heterocycles. The van der Waals surface area contributed by atoms with Crippen molar-refractivity contribution in [2.45, 2.75) is 58.1 Å². The van der Waals surface area contributed by atoms with Crippen molar-refractivity contribution >= 4 is 35.6 Å². The molecule has 2 aromatic rings. The second kappa shape index (κ2) is 15.8. The lowest BCUT2D eigenvalue weighted by molar-refractivity contribution is 0.0722. The molecule has 3 N–H and O–H groups in total. The number of hydrogen-bond acceptors (Lipinski definition) is 5. The Morgan fingerprint density at radius 1 is 1.03 bits per heavy atom. The highest BCUT2D eigenvalue weighted by molar-refractivity contribution is 5.89. The standard InChI is InChI=1S/C27H42N2O3.2ClH/c1-20(2)23(18-25(28)26(30)19-29-12-5-4-6-13-29)16-21-10-11-22-8-7-9-27(24(22)17-21)32-15-14-31-3;;/h7-11,17,20,23,25-26,30H,4-6,12-16,18-19,28H2,1-3H3;2*1H. The van der Waals surface area contributed by atoms with Gasteiger partial charge in [-0.25, -0.2) is 0 Å². The van der Waals surface area contributed by atoms with Gasteiger partial charge in [-0.3, -0.25) is 0 Å². The Morgan fingerprint density at radius 2 is 1.76 bits per heavy atom. The van der Waals surface area contributed by atoms with Crippen LogP contribution in [0.2, 0.25) is 0 Å². The normalized spacial score (nSPS) is 17.0. The number of nitrogens with two attached hydrogens (primary N) is 1. The molecule has 0 radical (unpaired) electrons. The van der Waals surface area contributed by atoms with Gasteiger partial charge >= 0.3 is 0 Å². The maximum atomic E-state index is 10.8. The molecule has 1 aliphatic rings. The fourth-order valence-electron chi connectivity index (χ4n) is 4.72. The minimum Gasteiger partial charge on any atom is -0.491 e. The molecule has 0 amide bonds. The van der Waals surface area contributed by atoms with E-state index in [4.69, 9.17) is 15.2 Å². The maximum absolute atomic E-state index is 10.8. The number of aliphatic hydroxyl groups is 1. The molecule has 0 aromatic heterocycles. The quantitative estimate of drug-likeness (QED) is 0.386. The molecule has 3 atom stereocenters. The predicted octanol–water partition coefficient (Wildman–Crippen LogP) is 5.09. The summed E-state index contributed by atoms with van der Waals surface area (Å²) in [6.07, 6.45) is 5.08. The molecule has 0 spiro atoms. The van der Waals surface area contributed by atoms with Gasteiger partial charge in [-0.2, -0.15) is 0 Å². The third-order valence-corrected chi connectivity index (χ3v) is 6.86. The number of aliphatic hydroxyl groups excluding tert-OH is 1. The zero-order valence-corrected chi connectivity index (χ0v) is 22.6. The number of likely N-dealkylation sites (tertiary alicyclic amines) is 1. The first-order chi connectivity index (χ1) is 15.5. The van der Waals surface area contributed by atoms with Gasteiger partial charge in [0.05, 0.1) is 12.7 Å². The van der Waals surface area contributed by atoms with Crippen molar-refractivity contribution in [3.63, 3.8) is 0 Å². The topological polar surface area (TPSA) is 68.0 Å². The second-order valence-corrected chi connectivity index (χ2v) is 9.69. The Hall–Kier alpha value is -1.08. The first kappa shape index (κ1) is 31.0. The number of piperidine rings is 1. The molecule has 7 heteroatoms. The minimum absolute atomic E-state index is 0. The Morgan fingerprint density at radius 3 is 2.44 bits per heavy atom. The third-order valence-electron chi connectivity index (χ3n) is 6.86. The van der Waals surface area contributed by atoms with E-state index in [1.165, 1.54) is 30.2 Å². The van der Waals surface area contributed by atoms with Crippen molar-refractivity contribution in [2.24, 2.45) is 17.6 Å². The smallest absolute Gasteiger partial charge is 0.127 e. The van der Waals surface area contributed by atoms with Gasteiger partial charge in [0.25, 0.3) is 0 Å². The molecule has 1 heterocycles. The van der Waals surface area contributed by atoms with E-state index >= 15 is 0 Å². The number of ether oxygens (including phenoxy) is 2. The van der Waals surface area contributed by atoms with E-state index in [0.717, 1.165) is 37.1 Å². The molecule has 1 aliphatic heterocycles. The SMILES string of the molecule is COCCOc1cccc2ccc(CC(CC(N)C(O)CN3CCCCC3)C(C)C)cc12.Cl.Cl. The number of benzene rings is 2. The lowest BCUT2D eigenvalue weighted by Crippen LogP contribution is -2.46. The van der Waals surface area contributed by atoms with Crippen molar-refractivity contribution < 1.29 is 14.6 Å². The largest absolute Gasteiger partial charge is 0.491 e. The molecule has 3 rings (SSSR count). The van der Waals surface area contributed by atoms with Crippen LogP contribution in [-0.2, 0) is 11.2 Å². The van der Waals surface area contributed by atoms with Crippen LogP contribution in [0.1, 0.15) is 45.1 Å². The second-order valence-electron chi connectivity index (χ2n) is 9.69. The number of hydrogen-bond donors (Lipinski definition) is 2. The van der Waals surface area contributed by atoms with Gasteiger partial charge < -0.3 is 25.2 Å². The first-order valence-electron chi connectivity index (χ1n) is 12.3. The van der Waals surface area contributed by atoms with Crippen LogP contribution >= 0.6 is 24.8 Å². The summed E-state index contributed by atoms with van der Waals surface area (Å²) in [6, 6.07) is 12.6. The Bertz CT molecular complexity index is 831. The zero-order valence-electron chi connectivity index (χ0n) is 20.9. The van der Waals surface area contributed by atoms with Crippen molar-refractivity contribution in [1.29, 1.82) is 0 Å². The van der Waals surface area contributed by atoms with Crippen LogP contribution in [0.25, 0.3) is 10.8 Å². The molecule has 0 aliphatic carbocycles. The number of nitrogens with zero attached hydrogens (tertiary/aromatic N) is 1. The third kappa shape index (κ3) is 9.18. The molecule has 2 aromatic carbocycles. The number of methoxy groups -OCH3 is 1. The molecule has 1 fully saturated rings. The summed E-state index contributed by atoms with van der Waals surface area (Å²) in [5, 5.41) is 13.1. The molecule has 3 unspecified atom stereocenters. The van der Waals surface area contributed by atoms with E-state index in [9.17, 15) is 5.11 Å². The summed E-state index contributed by atoms with van der Waals surface area (Å²) < 4.78 is 11.1. The van der Waals surface area contributed by atoms with E-state index in [1.807, 2.05) is 12.1 Å². The number of fused-ring (bicyclic) bond motifs is 1. The van der Waals surface area contributed by atoms with Crippen molar-refractivity contribution in [3.8, 4) is 5.75 Å². The van der Waals surface area contributed by atoms with Crippen LogP contribution in [-0.4, -0.2) is 62.1 Å². The number of halogens is 2. The van der Waals surface area contributed by atoms with Gasteiger partial charge in [0, 0.05) is 25.1 Å². The highest BCUT2D eigenvalue weighted by Crippen LogP contribution is 2.29. The van der Waals surface area contributed by atoms with Crippen LogP contribution < -0.4 is 10.5 Å². The van der Waals surface area contributed by atoms with E-state index in [1.54, 1.807) is 7.11 Å². The predicted molar refractivity (Wildman–Crippen MR) is 147 cm³/mol. The lowest BCUT2D eigenvalue weighted by atomic mass is 9.83. The van der Waals surface area contributed by atoms with E-state index in [2.05, 4.69) is 43.0 Å². The van der Waals surface area contributed by atoms with Gasteiger partial charge in [0.2, 0.25) is 0 Å². The van der Waals surface area contributed by atoms with Crippen molar-refractivity contribution in [2.75, 3.05) is 40.0 Å². The highest BCUT2D eigenvalue weighted by atomic mass is 35.5. The molecule has 34 heavy (non-hydrogen) atoms. The first-order valence-corrected chi connectivity index (χ1v) is 12.3. The molecule has 0 bridgehead atoms. The Kier molecular flexibility index (Phi) is 14.4. The summed E-state index contributed by atoms with van der Waals surface area (Å²) >= 11 is 0. The minimum atomic E-state index is -0.466. The van der Waals surface area contributed by atoms with Crippen LogP contribution in [0.3, 0.4) is 0 Å². The van der Waals surface area contributed by atoms with Gasteiger partial charge in [0.15, 0.2) is 0 Å². The monoisotopic (exact) mass is 514 g/mol. The average molecular weight is 516 g/mol.